The highest BCUT2D eigenvalue weighted by atomic mass is 32.2. The van der Waals surface area contributed by atoms with Gasteiger partial charge in [-0.3, -0.25) is 14.7 Å². The SMILES string of the molecule is Cc1c(CN2CCC(Nc3ncnc4c3CCN(CC(F)(F)F)C4)CC2)ccc2c1cc(C#N)n2CCN1CCS(=O)(=O)CC1. The summed E-state index contributed by atoms with van der Waals surface area (Å²) in [6.45, 7) is 6.70. The lowest BCUT2D eigenvalue weighted by atomic mass is 10.00. The first kappa shape index (κ1) is 31.7. The topological polar surface area (TPSA) is 110 Å². The van der Waals surface area contributed by atoms with Crippen LogP contribution in [-0.2, 0) is 35.9 Å². The number of hydrogen-bond acceptors (Lipinski definition) is 9. The molecule has 5 heterocycles. The molecule has 0 spiro atoms. The van der Waals surface area contributed by atoms with Gasteiger partial charge in [-0.2, -0.15) is 18.4 Å². The number of anilines is 1. The molecule has 2 aromatic heterocycles. The Balaban J connectivity index is 1.05. The molecule has 3 aromatic rings. The number of nitriles is 1. The third-order valence-electron chi connectivity index (χ3n) is 9.47. The molecule has 14 heteroatoms. The smallest absolute Gasteiger partial charge is 0.367 e. The molecule has 1 N–H and O–H groups in total. The second-order valence-electron chi connectivity index (χ2n) is 12.5. The van der Waals surface area contributed by atoms with Crippen molar-refractivity contribution < 1.29 is 21.6 Å². The Hall–Kier alpha value is -3.25. The highest BCUT2D eigenvalue weighted by molar-refractivity contribution is 7.91. The zero-order valence-corrected chi connectivity index (χ0v) is 26.3. The summed E-state index contributed by atoms with van der Waals surface area (Å²) >= 11 is 0. The number of nitrogens with one attached hydrogen (secondary N) is 1. The van der Waals surface area contributed by atoms with E-state index in [0.717, 1.165) is 54.8 Å². The summed E-state index contributed by atoms with van der Waals surface area (Å²) in [5, 5.41) is 14.5. The molecule has 0 bridgehead atoms. The molecule has 0 atom stereocenters. The van der Waals surface area contributed by atoms with E-state index in [9.17, 15) is 26.9 Å². The molecule has 3 aliphatic rings. The van der Waals surface area contributed by atoms with Gasteiger partial charge in [-0.05, 0) is 49.4 Å². The van der Waals surface area contributed by atoms with Gasteiger partial charge in [0.05, 0.1) is 23.7 Å². The number of benzene rings is 1. The monoisotopic (exact) mass is 644 g/mol. The lowest BCUT2D eigenvalue weighted by Crippen LogP contribution is -2.41. The van der Waals surface area contributed by atoms with E-state index in [2.05, 4.69) is 50.2 Å². The second-order valence-corrected chi connectivity index (χ2v) is 14.8. The van der Waals surface area contributed by atoms with E-state index in [-0.39, 0.29) is 24.1 Å². The fourth-order valence-corrected chi connectivity index (χ4v) is 8.11. The average molecular weight is 645 g/mol. The highest BCUT2D eigenvalue weighted by Gasteiger charge is 2.33. The lowest BCUT2D eigenvalue weighted by molar-refractivity contribution is -0.147. The van der Waals surface area contributed by atoms with Crippen molar-refractivity contribution in [1.29, 1.82) is 5.26 Å². The van der Waals surface area contributed by atoms with E-state index in [1.165, 1.54) is 22.4 Å². The number of nitrogens with zero attached hydrogens (tertiary/aromatic N) is 7. The first-order valence-electron chi connectivity index (χ1n) is 15.5. The summed E-state index contributed by atoms with van der Waals surface area (Å²) < 4.78 is 64.3. The van der Waals surface area contributed by atoms with Crippen LogP contribution in [0.15, 0.2) is 24.5 Å². The minimum absolute atomic E-state index is 0.179. The summed E-state index contributed by atoms with van der Waals surface area (Å²) in [6.07, 6.45) is -0.442. The number of likely N-dealkylation sites (tertiary alicyclic amines) is 1. The van der Waals surface area contributed by atoms with Crippen LogP contribution in [0.5, 0.6) is 0 Å². The van der Waals surface area contributed by atoms with E-state index in [1.807, 2.05) is 10.6 Å². The Kier molecular flexibility index (Phi) is 9.07. The number of rotatable bonds is 8. The van der Waals surface area contributed by atoms with Crippen LogP contribution < -0.4 is 5.32 Å². The normalized spacial score (nSPS) is 20.2. The molecule has 1 aromatic carbocycles. The molecule has 3 aliphatic heterocycles. The molecule has 10 nitrogen and oxygen atoms in total. The van der Waals surface area contributed by atoms with E-state index in [1.54, 1.807) is 0 Å². The minimum atomic E-state index is -4.22. The number of hydrogen-bond donors (Lipinski definition) is 1. The molecule has 2 fully saturated rings. The second kappa shape index (κ2) is 12.9. The third-order valence-corrected chi connectivity index (χ3v) is 11.1. The van der Waals surface area contributed by atoms with Crippen LogP contribution in [0.2, 0.25) is 0 Å². The van der Waals surface area contributed by atoms with Gasteiger partial charge in [-0.15, -0.1) is 0 Å². The lowest BCUT2D eigenvalue weighted by Gasteiger charge is -2.34. The summed E-state index contributed by atoms with van der Waals surface area (Å²) in [7, 11) is -2.93. The number of alkyl halides is 3. The van der Waals surface area contributed by atoms with E-state index >= 15 is 0 Å². The summed E-state index contributed by atoms with van der Waals surface area (Å²) in [4.78, 5) is 14.7. The number of piperidine rings is 1. The summed E-state index contributed by atoms with van der Waals surface area (Å²) in [5.74, 6) is 1.13. The molecule has 0 amide bonds. The number of halogens is 3. The Bertz CT molecular complexity index is 1680. The minimum Gasteiger partial charge on any atom is -0.367 e. The van der Waals surface area contributed by atoms with Gasteiger partial charge in [0.2, 0.25) is 0 Å². The van der Waals surface area contributed by atoms with Crippen LogP contribution >= 0.6 is 0 Å². The standard InChI is InChI=1S/C31H39F3N8O2S/c1-22-23(2-3-29-27(22)16-25(17-35)42(29)11-10-39-12-14-45(43,44)15-13-39)18-40-7-4-24(5-8-40)38-30-26-6-9-41(20-31(32,33)34)19-28(26)36-21-37-30/h2-3,16,21,24H,4-15,18-20H2,1H3,(H,36,37,38). The van der Waals surface area contributed by atoms with Gasteiger partial charge >= 0.3 is 6.18 Å². The van der Waals surface area contributed by atoms with Crippen LogP contribution in [-0.4, -0.2) is 107 Å². The van der Waals surface area contributed by atoms with Crippen LogP contribution in [0.25, 0.3) is 10.9 Å². The van der Waals surface area contributed by atoms with Crippen LogP contribution in [0.1, 0.15) is 40.9 Å². The van der Waals surface area contributed by atoms with Crippen molar-refractivity contribution in [2.45, 2.75) is 58.0 Å². The van der Waals surface area contributed by atoms with Crippen LogP contribution in [0.3, 0.4) is 0 Å². The van der Waals surface area contributed by atoms with Crippen molar-refractivity contribution in [3.8, 4) is 6.07 Å². The number of aryl methyl sites for hydroxylation is 1. The van der Waals surface area contributed by atoms with E-state index in [0.29, 0.717) is 50.5 Å². The zero-order valence-electron chi connectivity index (χ0n) is 25.5. The van der Waals surface area contributed by atoms with Gasteiger partial charge in [-0.25, -0.2) is 18.4 Å². The molecular formula is C31H39F3N8O2S. The maximum absolute atomic E-state index is 12.9. The predicted octanol–water partition coefficient (Wildman–Crippen LogP) is 3.34. The van der Waals surface area contributed by atoms with Gasteiger partial charge in [0.15, 0.2) is 9.84 Å². The van der Waals surface area contributed by atoms with Crippen molar-refractivity contribution in [2.24, 2.45) is 0 Å². The Labute approximate surface area is 261 Å². The molecule has 6 rings (SSSR count). The van der Waals surface area contributed by atoms with Crippen molar-refractivity contribution in [1.82, 2.24) is 29.2 Å². The van der Waals surface area contributed by atoms with Crippen molar-refractivity contribution >= 4 is 26.6 Å². The Morgan fingerprint density at radius 1 is 1.02 bits per heavy atom. The molecule has 0 unspecified atom stereocenters. The highest BCUT2D eigenvalue weighted by Crippen LogP contribution is 2.29. The molecule has 2 saturated heterocycles. The largest absolute Gasteiger partial charge is 0.401 e. The van der Waals surface area contributed by atoms with Crippen molar-refractivity contribution in [3.63, 3.8) is 0 Å². The van der Waals surface area contributed by atoms with E-state index < -0.39 is 22.6 Å². The van der Waals surface area contributed by atoms with E-state index in [4.69, 9.17) is 0 Å². The summed E-state index contributed by atoms with van der Waals surface area (Å²) in [6, 6.07) is 8.79. The number of sulfone groups is 1. The Morgan fingerprint density at radius 2 is 1.78 bits per heavy atom. The predicted molar refractivity (Wildman–Crippen MR) is 165 cm³/mol. The average Bonchev–Trinajstić information content (AvgIpc) is 3.36. The third kappa shape index (κ3) is 7.43. The maximum Gasteiger partial charge on any atom is 0.401 e. The van der Waals surface area contributed by atoms with Crippen molar-refractivity contribution in [3.05, 3.63) is 52.6 Å². The molecule has 0 radical (unpaired) electrons. The van der Waals surface area contributed by atoms with Crippen molar-refractivity contribution in [2.75, 3.05) is 62.6 Å². The van der Waals surface area contributed by atoms with Gasteiger partial charge in [0.25, 0.3) is 0 Å². The van der Waals surface area contributed by atoms with Gasteiger partial charge in [0.1, 0.15) is 23.9 Å². The molecule has 0 saturated carbocycles. The first-order chi connectivity index (χ1) is 21.5. The van der Waals surface area contributed by atoms with Crippen LogP contribution in [0, 0.1) is 18.3 Å². The number of aromatic nitrogens is 3. The molecule has 45 heavy (non-hydrogen) atoms. The maximum atomic E-state index is 12.9. The fourth-order valence-electron chi connectivity index (χ4n) is 6.83. The zero-order chi connectivity index (χ0) is 31.8. The molecule has 242 valence electrons. The fraction of sp³-hybridized carbons (Fsp3) is 0.581. The summed E-state index contributed by atoms with van der Waals surface area (Å²) in [5.41, 5.74) is 5.62. The molecule has 0 aliphatic carbocycles. The first-order valence-corrected chi connectivity index (χ1v) is 17.4. The van der Waals surface area contributed by atoms with Crippen LogP contribution in [0.4, 0.5) is 19.0 Å². The molecular weight excluding hydrogens is 605 g/mol. The Morgan fingerprint density at radius 3 is 2.49 bits per heavy atom. The van der Waals surface area contributed by atoms with Gasteiger partial charge in [-0.1, -0.05) is 6.07 Å². The quantitative estimate of drug-likeness (QED) is 0.395. The number of fused-ring (bicyclic) bond motifs is 2. The van der Waals surface area contributed by atoms with Gasteiger partial charge in [0, 0.05) is 81.4 Å². The van der Waals surface area contributed by atoms with Gasteiger partial charge < -0.3 is 9.88 Å².